The highest BCUT2D eigenvalue weighted by Gasteiger charge is 2.32. The fourth-order valence-corrected chi connectivity index (χ4v) is 1.91. The van der Waals surface area contributed by atoms with Gasteiger partial charge in [0, 0.05) is 19.7 Å². The maximum atomic E-state index is 12.1. The number of halogens is 3. The molecule has 1 N–H and O–H groups in total. The predicted octanol–water partition coefficient (Wildman–Crippen LogP) is 1.25. The summed E-state index contributed by atoms with van der Waals surface area (Å²) >= 11 is 0. The molecule has 0 spiro atoms. The van der Waals surface area contributed by atoms with Crippen molar-refractivity contribution in [1.82, 2.24) is 10.2 Å². The lowest BCUT2D eigenvalue weighted by Gasteiger charge is -2.32. The summed E-state index contributed by atoms with van der Waals surface area (Å²) in [6.07, 6.45) is -2.52. The summed E-state index contributed by atoms with van der Waals surface area (Å²) in [7, 11) is 1.63. The molecule has 0 amide bonds. The van der Waals surface area contributed by atoms with Gasteiger partial charge in [0.25, 0.3) is 0 Å². The van der Waals surface area contributed by atoms with Gasteiger partial charge in [-0.1, -0.05) is 0 Å². The molecule has 1 fully saturated rings. The average molecular weight is 240 g/mol. The van der Waals surface area contributed by atoms with E-state index in [1.54, 1.807) is 7.11 Å². The third-order valence-electron chi connectivity index (χ3n) is 2.73. The standard InChI is InChI=1S/C10H19F3N2O/c1-16-7-4-14-9-2-5-15(6-3-9)8-10(11,12)13/h9,14H,2-8H2,1H3. The molecular formula is C10H19F3N2O. The summed E-state index contributed by atoms with van der Waals surface area (Å²) < 4.78 is 41.2. The Morgan fingerprint density at radius 2 is 1.94 bits per heavy atom. The van der Waals surface area contributed by atoms with Crippen LogP contribution in [0.4, 0.5) is 13.2 Å². The normalized spacial score (nSPS) is 20.2. The molecule has 0 bridgehead atoms. The van der Waals surface area contributed by atoms with Crippen molar-refractivity contribution in [2.45, 2.75) is 25.1 Å². The van der Waals surface area contributed by atoms with Gasteiger partial charge in [-0.3, -0.25) is 4.90 Å². The van der Waals surface area contributed by atoms with Gasteiger partial charge in [0.15, 0.2) is 0 Å². The molecule has 0 saturated carbocycles. The molecule has 3 nitrogen and oxygen atoms in total. The van der Waals surface area contributed by atoms with E-state index in [1.807, 2.05) is 0 Å². The molecule has 96 valence electrons. The number of piperidine rings is 1. The summed E-state index contributed by atoms with van der Waals surface area (Å²) in [5, 5.41) is 3.27. The topological polar surface area (TPSA) is 24.5 Å². The monoisotopic (exact) mass is 240 g/mol. The zero-order valence-electron chi connectivity index (χ0n) is 9.52. The van der Waals surface area contributed by atoms with E-state index in [0.717, 1.165) is 19.4 Å². The smallest absolute Gasteiger partial charge is 0.383 e. The molecule has 0 aliphatic carbocycles. The molecule has 1 saturated heterocycles. The van der Waals surface area contributed by atoms with Gasteiger partial charge in [0.2, 0.25) is 0 Å². The first-order valence-electron chi connectivity index (χ1n) is 5.52. The second-order valence-corrected chi connectivity index (χ2v) is 4.11. The largest absolute Gasteiger partial charge is 0.401 e. The van der Waals surface area contributed by atoms with Crippen LogP contribution in [0.2, 0.25) is 0 Å². The Morgan fingerprint density at radius 3 is 2.44 bits per heavy atom. The SMILES string of the molecule is COCCNC1CCN(CC(F)(F)F)CC1. The van der Waals surface area contributed by atoms with Crippen LogP contribution in [-0.2, 0) is 4.74 Å². The first-order valence-corrected chi connectivity index (χ1v) is 5.52. The van der Waals surface area contributed by atoms with E-state index in [-0.39, 0.29) is 0 Å². The van der Waals surface area contributed by atoms with Crippen molar-refractivity contribution in [3.8, 4) is 0 Å². The Labute approximate surface area is 93.9 Å². The number of rotatable bonds is 5. The zero-order chi connectivity index (χ0) is 12.0. The molecule has 1 rings (SSSR count). The van der Waals surface area contributed by atoms with Gasteiger partial charge >= 0.3 is 6.18 Å². The fraction of sp³-hybridized carbons (Fsp3) is 1.00. The molecule has 6 heteroatoms. The predicted molar refractivity (Wildman–Crippen MR) is 55.4 cm³/mol. The minimum absolute atomic E-state index is 0.333. The van der Waals surface area contributed by atoms with E-state index in [9.17, 15) is 13.2 Å². The molecule has 1 aliphatic heterocycles. The second-order valence-electron chi connectivity index (χ2n) is 4.11. The highest BCUT2D eigenvalue weighted by atomic mass is 19.4. The van der Waals surface area contributed by atoms with Crippen LogP contribution in [0.3, 0.4) is 0 Å². The highest BCUT2D eigenvalue weighted by Crippen LogP contribution is 2.19. The Bertz CT molecular complexity index is 191. The summed E-state index contributed by atoms with van der Waals surface area (Å²) in [6, 6.07) is 0.333. The van der Waals surface area contributed by atoms with Gasteiger partial charge < -0.3 is 10.1 Å². The van der Waals surface area contributed by atoms with E-state index in [1.165, 1.54) is 4.90 Å². The molecule has 0 aromatic heterocycles. The number of alkyl halides is 3. The maximum Gasteiger partial charge on any atom is 0.401 e. The lowest BCUT2D eigenvalue weighted by Crippen LogP contribution is -2.46. The number of nitrogens with one attached hydrogen (secondary N) is 1. The summed E-state index contributed by atoms with van der Waals surface area (Å²) in [6.45, 7) is 1.66. The molecule has 1 aliphatic rings. The van der Waals surface area contributed by atoms with Crippen molar-refractivity contribution in [1.29, 1.82) is 0 Å². The van der Waals surface area contributed by atoms with Crippen LogP contribution in [0.15, 0.2) is 0 Å². The first-order chi connectivity index (χ1) is 7.51. The van der Waals surface area contributed by atoms with Crippen molar-refractivity contribution in [2.24, 2.45) is 0 Å². The van der Waals surface area contributed by atoms with Crippen LogP contribution in [0.5, 0.6) is 0 Å². The van der Waals surface area contributed by atoms with Crippen LogP contribution >= 0.6 is 0 Å². The van der Waals surface area contributed by atoms with Crippen molar-refractivity contribution in [3.63, 3.8) is 0 Å². The van der Waals surface area contributed by atoms with E-state index < -0.39 is 12.7 Å². The van der Waals surface area contributed by atoms with Gasteiger partial charge in [-0.05, 0) is 25.9 Å². The van der Waals surface area contributed by atoms with Crippen LogP contribution in [0.1, 0.15) is 12.8 Å². The van der Waals surface area contributed by atoms with Crippen molar-refractivity contribution in [2.75, 3.05) is 39.9 Å². The number of hydrogen-bond acceptors (Lipinski definition) is 3. The molecule has 16 heavy (non-hydrogen) atoms. The van der Waals surface area contributed by atoms with E-state index in [4.69, 9.17) is 4.74 Å². The van der Waals surface area contributed by atoms with Crippen molar-refractivity contribution in [3.05, 3.63) is 0 Å². The number of hydrogen-bond donors (Lipinski definition) is 1. The number of likely N-dealkylation sites (tertiary alicyclic amines) is 1. The average Bonchev–Trinajstić information content (AvgIpc) is 2.19. The number of nitrogens with zero attached hydrogens (tertiary/aromatic N) is 1. The van der Waals surface area contributed by atoms with Gasteiger partial charge in [0.05, 0.1) is 13.2 Å². The van der Waals surface area contributed by atoms with E-state index in [0.29, 0.717) is 25.7 Å². The lowest BCUT2D eigenvalue weighted by atomic mass is 10.1. The van der Waals surface area contributed by atoms with Gasteiger partial charge in [-0.15, -0.1) is 0 Å². The molecule has 0 atom stereocenters. The summed E-state index contributed by atoms with van der Waals surface area (Å²) in [5.74, 6) is 0. The molecule has 0 radical (unpaired) electrons. The zero-order valence-corrected chi connectivity index (χ0v) is 9.52. The molecule has 0 unspecified atom stereocenters. The van der Waals surface area contributed by atoms with Gasteiger partial charge in [-0.25, -0.2) is 0 Å². The third-order valence-corrected chi connectivity index (χ3v) is 2.73. The Balaban J connectivity index is 2.13. The Morgan fingerprint density at radius 1 is 1.31 bits per heavy atom. The van der Waals surface area contributed by atoms with E-state index >= 15 is 0 Å². The minimum Gasteiger partial charge on any atom is -0.383 e. The minimum atomic E-state index is -4.07. The van der Waals surface area contributed by atoms with Crippen molar-refractivity contribution < 1.29 is 17.9 Å². The van der Waals surface area contributed by atoms with Crippen LogP contribution in [0.25, 0.3) is 0 Å². The van der Waals surface area contributed by atoms with Gasteiger partial charge in [0.1, 0.15) is 0 Å². The molecule has 0 aromatic carbocycles. The summed E-state index contributed by atoms with van der Waals surface area (Å²) in [4.78, 5) is 1.47. The Hall–Kier alpha value is -0.330. The van der Waals surface area contributed by atoms with Crippen LogP contribution in [-0.4, -0.2) is 57.0 Å². The Kier molecular flexibility index (Phi) is 5.51. The maximum absolute atomic E-state index is 12.1. The lowest BCUT2D eigenvalue weighted by molar-refractivity contribution is -0.148. The molecule has 0 aromatic rings. The highest BCUT2D eigenvalue weighted by molar-refractivity contribution is 4.78. The van der Waals surface area contributed by atoms with Crippen LogP contribution in [0, 0.1) is 0 Å². The second kappa shape index (κ2) is 6.42. The van der Waals surface area contributed by atoms with E-state index in [2.05, 4.69) is 5.32 Å². The van der Waals surface area contributed by atoms with Crippen LogP contribution < -0.4 is 5.32 Å². The van der Waals surface area contributed by atoms with Crippen molar-refractivity contribution >= 4 is 0 Å². The third kappa shape index (κ3) is 5.67. The number of ether oxygens (including phenoxy) is 1. The molecular weight excluding hydrogens is 221 g/mol. The fourth-order valence-electron chi connectivity index (χ4n) is 1.91. The molecule has 1 heterocycles. The van der Waals surface area contributed by atoms with Gasteiger partial charge in [-0.2, -0.15) is 13.2 Å². The summed E-state index contributed by atoms with van der Waals surface area (Å²) in [5.41, 5.74) is 0. The first kappa shape index (κ1) is 13.7. The number of methoxy groups -OCH3 is 1. The quantitative estimate of drug-likeness (QED) is 0.732.